The Kier molecular flexibility index (Phi) is 3.09. The van der Waals surface area contributed by atoms with Crippen LogP contribution in [0.25, 0.3) is 0 Å². The maximum Gasteiger partial charge on any atom is 0.416 e. The van der Waals surface area contributed by atoms with Crippen molar-refractivity contribution in [1.29, 1.82) is 0 Å². The standard InChI is InChI=1S/C12H11F3O2/c13-12(14,15)10-3-1-8(2-4-10)7-9-5-6-17-11(9)16/h1-4,9H,5-7H2/t9-/m0/s1. The molecule has 0 radical (unpaired) electrons. The fourth-order valence-electron chi connectivity index (χ4n) is 1.84. The number of halogens is 3. The predicted molar refractivity (Wildman–Crippen MR) is 54.2 cm³/mol. The molecule has 1 aromatic carbocycles. The molecule has 2 nitrogen and oxygen atoms in total. The molecule has 5 heteroatoms. The van der Waals surface area contributed by atoms with Crippen LogP contribution in [-0.2, 0) is 22.1 Å². The van der Waals surface area contributed by atoms with Crippen molar-refractivity contribution in [2.75, 3.05) is 6.61 Å². The van der Waals surface area contributed by atoms with Crippen molar-refractivity contribution < 1.29 is 22.7 Å². The normalized spacial score (nSPS) is 20.4. The van der Waals surface area contributed by atoms with Gasteiger partial charge in [0.25, 0.3) is 0 Å². The minimum absolute atomic E-state index is 0.216. The fourth-order valence-corrected chi connectivity index (χ4v) is 1.84. The number of ether oxygens (including phenoxy) is 1. The van der Waals surface area contributed by atoms with Crippen LogP contribution < -0.4 is 0 Å². The second kappa shape index (κ2) is 4.39. The van der Waals surface area contributed by atoms with E-state index in [2.05, 4.69) is 0 Å². The van der Waals surface area contributed by atoms with Gasteiger partial charge in [-0.05, 0) is 30.5 Å². The van der Waals surface area contributed by atoms with E-state index in [1.807, 2.05) is 0 Å². The first-order chi connectivity index (χ1) is 7.97. The number of hydrogen-bond donors (Lipinski definition) is 0. The van der Waals surface area contributed by atoms with Gasteiger partial charge in [-0.3, -0.25) is 4.79 Å². The highest BCUT2D eigenvalue weighted by Gasteiger charge is 2.30. The van der Waals surface area contributed by atoms with Crippen molar-refractivity contribution in [2.45, 2.75) is 19.0 Å². The highest BCUT2D eigenvalue weighted by Crippen LogP contribution is 2.29. The topological polar surface area (TPSA) is 26.3 Å². The summed E-state index contributed by atoms with van der Waals surface area (Å²) in [6, 6.07) is 4.90. The van der Waals surface area contributed by atoms with Crippen LogP contribution in [0.4, 0.5) is 13.2 Å². The lowest BCUT2D eigenvalue weighted by molar-refractivity contribution is -0.141. The molecule has 1 fully saturated rings. The minimum atomic E-state index is -4.31. The van der Waals surface area contributed by atoms with Gasteiger partial charge < -0.3 is 4.74 Å². The minimum Gasteiger partial charge on any atom is -0.465 e. The average Bonchev–Trinajstić information content (AvgIpc) is 2.64. The van der Waals surface area contributed by atoms with Crippen LogP contribution in [0.15, 0.2) is 24.3 Å². The summed E-state index contributed by atoms with van der Waals surface area (Å²) in [6.45, 7) is 0.407. The van der Waals surface area contributed by atoms with Crippen LogP contribution in [0.5, 0.6) is 0 Å². The van der Waals surface area contributed by atoms with Crippen LogP contribution in [0.1, 0.15) is 17.5 Å². The number of carbonyl (C=O) groups is 1. The lowest BCUT2D eigenvalue weighted by Crippen LogP contribution is -2.11. The Morgan fingerprint density at radius 2 is 1.88 bits per heavy atom. The van der Waals surface area contributed by atoms with Crippen LogP contribution in [0, 0.1) is 5.92 Å². The molecule has 1 aliphatic heterocycles. The Bertz CT molecular complexity index is 409. The summed E-state index contributed by atoms with van der Waals surface area (Å²) >= 11 is 0. The zero-order chi connectivity index (χ0) is 12.5. The van der Waals surface area contributed by atoms with Crippen molar-refractivity contribution in [2.24, 2.45) is 5.92 Å². The van der Waals surface area contributed by atoms with Gasteiger partial charge in [0.15, 0.2) is 0 Å². The SMILES string of the molecule is O=C1OCC[C@H]1Cc1ccc(C(F)(F)F)cc1. The molecule has 0 N–H and O–H groups in total. The quantitative estimate of drug-likeness (QED) is 0.748. The molecule has 0 unspecified atom stereocenters. The second-order valence-electron chi connectivity index (χ2n) is 4.05. The summed E-state index contributed by atoms with van der Waals surface area (Å²) in [4.78, 5) is 11.2. The van der Waals surface area contributed by atoms with Crippen LogP contribution in [-0.4, -0.2) is 12.6 Å². The Morgan fingerprint density at radius 1 is 1.24 bits per heavy atom. The van der Waals surface area contributed by atoms with E-state index in [9.17, 15) is 18.0 Å². The first kappa shape index (κ1) is 12.0. The van der Waals surface area contributed by atoms with E-state index < -0.39 is 11.7 Å². The van der Waals surface area contributed by atoms with E-state index >= 15 is 0 Å². The maximum absolute atomic E-state index is 12.3. The van der Waals surface area contributed by atoms with Crippen LogP contribution >= 0.6 is 0 Å². The number of rotatable bonds is 2. The molecule has 17 heavy (non-hydrogen) atoms. The molecule has 1 aliphatic rings. The van der Waals surface area contributed by atoms with E-state index in [1.165, 1.54) is 12.1 Å². The monoisotopic (exact) mass is 244 g/mol. The second-order valence-corrected chi connectivity index (χ2v) is 4.05. The van der Waals surface area contributed by atoms with Crippen LogP contribution in [0.2, 0.25) is 0 Å². The van der Waals surface area contributed by atoms with Gasteiger partial charge in [0.1, 0.15) is 0 Å². The number of carbonyl (C=O) groups excluding carboxylic acids is 1. The van der Waals surface area contributed by atoms with E-state index in [1.54, 1.807) is 0 Å². The third kappa shape index (κ3) is 2.78. The van der Waals surface area contributed by atoms with E-state index in [0.717, 1.165) is 17.7 Å². The smallest absolute Gasteiger partial charge is 0.416 e. The molecule has 2 rings (SSSR count). The highest BCUT2D eigenvalue weighted by molar-refractivity contribution is 5.74. The largest absolute Gasteiger partial charge is 0.465 e. The molecule has 0 aliphatic carbocycles. The molecular weight excluding hydrogens is 233 g/mol. The zero-order valence-corrected chi connectivity index (χ0v) is 8.96. The van der Waals surface area contributed by atoms with Crippen molar-refractivity contribution in [1.82, 2.24) is 0 Å². The van der Waals surface area contributed by atoms with Crippen molar-refractivity contribution in [3.8, 4) is 0 Å². The molecule has 0 amide bonds. The third-order valence-corrected chi connectivity index (χ3v) is 2.81. The number of esters is 1. The molecular formula is C12H11F3O2. The Morgan fingerprint density at radius 3 is 2.35 bits per heavy atom. The van der Waals surface area contributed by atoms with Crippen molar-refractivity contribution in [3.05, 3.63) is 35.4 Å². The van der Waals surface area contributed by atoms with E-state index in [0.29, 0.717) is 19.4 Å². The van der Waals surface area contributed by atoms with Crippen molar-refractivity contribution in [3.63, 3.8) is 0 Å². The number of alkyl halides is 3. The Hall–Kier alpha value is -1.52. The van der Waals surface area contributed by atoms with E-state index in [4.69, 9.17) is 4.74 Å². The fraction of sp³-hybridized carbons (Fsp3) is 0.417. The number of benzene rings is 1. The Balaban J connectivity index is 2.06. The zero-order valence-electron chi connectivity index (χ0n) is 8.96. The lowest BCUT2D eigenvalue weighted by Gasteiger charge is -2.09. The van der Waals surface area contributed by atoms with Crippen molar-refractivity contribution >= 4 is 5.97 Å². The predicted octanol–water partition coefficient (Wildman–Crippen LogP) is 2.81. The molecule has 92 valence electrons. The summed E-state index contributed by atoms with van der Waals surface area (Å²) in [7, 11) is 0. The lowest BCUT2D eigenvalue weighted by atomic mass is 9.97. The molecule has 1 atom stereocenters. The molecule has 1 aromatic rings. The molecule has 1 heterocycles. The van der Waals surface area contributed by atoms with Gasteiger partial charge in [-0.15, -0.1) is 0 Å². The molecule has 0 bridgehead atoms. The highest BCUT2D eigenvalue weighted by atomic mass is 19.4. The average molecular weight is 244 g/mol. The third-order valence-electron chi connectivity index (χ3n) is 2.81. The Labute approximate surface area is 96.4 Å². The van der Waals surface area contributed by atoms with Gasteiger partial charge in [0.05, 0.1) is 18.1 Å². The van der Waals surface area contributed by atoms with Gasteiger partial charge >= 0.3 is 12.1 Å². The van der Waals surface area contributed by atoms with Crippen LogP contribution in [0.3, 0.4) is 0 Å². The van der Waals surface area contributed by atoms with Gasteiger partial charge in [-0.1, -0.05) is 12.1 Å². The molecule has 1 saturated heterocycles. The molecule has 0 saturated carbocycles. The van der Waals surface area contributed by atoms with E-state index in [-0.39, 0.29) is 11.9 Å². The summed E-state index contributed by atoms with van der Waals surface area (Å²) in [5.41, 5.74) is 0.0529. The molecule has 0 spiro atoms. The summed E-state index contributed by atoms with van der Waals surface area (Å²) in [5, 5.41) is 0. The summed E-state index contributed by atoms with van der Waals surface area (Å²) in [5.74, 6) is -0.475. The number of cyclic esters (lactones) is 1. The molecule has 0 aromatic heterocycles. The summed E-state index contributed by atoms with van der Waals surface area (Å²) in [6.07, 6.45) is -3.23. The van der Waals surface area contributed by atoms with Gasteiger partial charge in [0.2, 0.25) is 0 Å². The first-order valence-electron chi connectivity index (χ1n) is 5.29. The van der Waals surface area contributed by atoms with Gasteiger partial charge in [-0.25, -0.2) is 0 Å². The summed E-state index contributed by atoms with van der Waals surface area (Å²) < 4.78 is 41.7. The van der Waals surface area contributed by atoms with Gasteiger partial charge in [-0.2, -0.15) is 13.2 Å². The number of hydrogen-bond acceptors (Lipinski definition) is 2. The first-order valence-corrected chi connectivity index (χ1v) is 5.29. The maximum atomic E-state index is 12.3. The van der Waals surface area contributed by atoms with Gasteiger partial charge in [0, 0.05) is 0 Å².